The van der Waals surface area contributed by atoms with Gasteiger partial charge in [-0.15, -0.1) is 0 Å². The Balaban J connectivity index is 1.63. The van der Waals surface area contributed by atoms with Crippen molar-refractivity contribution in [2.45, 2.75) is 12.1 Å². The molecule has 4 N–H and O–H groups in total. The molecule has 156 valence electrons. The molecule has 1 saturated heterocycles. The Hall–Kier alpha value is -4.39. The minimum Gasteiger partial charge on any atom is -0.497 e. The van der Waals surface area contributed by atoms with Gasteiger partial charge in [-0.3, -0.25) is 19.7 Å². The lowest BCUT2D eigenvalue weighted by Crippen LogP contribution is -2.54. The number of amides is 5. The number of benzene rings is 1. The van der Waals surface area contributed by atoms with Crippen molar-refractivity contribution < 1.29 is 23.9 Å². The van der Waals surface area contributed by atoms with Crippen molar-refractivity contribution in [1.29, 1.82) is 0 Å². The maximum Gasteiger partial charge on any atom is 0.323 e. The van der Waals surface area contributed by atoms with Gasteiger partial charge < -0.3 is 20.7 Å². The zero-order valence-corrected chi connectivity index (χ0v) is 16.4. The highest BCUT2D eigenvalue weighted by molar-refractivity contribution is 6.10. The number of hydrogen-bond acceptors (Lipinski definition) is 6. The molecule has 2 aliphatic rings. The molecule has 0 bridgehead atoms. The highest BCUT2D eigenvalue weighted by Gasteiger charge is 2.48. The summed E-state index contributed by atoms with van der Waals surface area (Å²) in [5.41, 5.74) is 5.26. The summed E-state index contributed by atoms with van der Waals surface area (Å²) in [6.45, 7) is 0.111. The average molecular weight is 419 g/mol. The fraction of sp³-hybridized carbons (Fsp3) is 0.190. The van der Waals surface area contributed by atoms with Crippen LogP contribution in [0.5, 0.6) is 5.75 Å². The van der Waals surface area contributed by atoms with Crippen LogP contribution in [0.15, 0.2) is 36.5 Å². The second-order valence-electron chi connectivity index (χ2n) is 7.04. The topological polar surface area (TPSA) is 144 Å². The predicted octanol–water partition coefficient (Wildman–Crippen LogP) is -0.225. The quantitative estimate of drug-likeness (QED) is 0.462. The first-order valence-electron chi connectivity index (χ1n) is 9.20. The molecule has 1 fully saturated rings. The third kappa shape index (κ3) is 3.64. The molecule has 1 aromatic carbocycles. The van der Waals surface area contributed by atoms with E-state index in [-0.39, 0.29) is 24.7 Å². The zero-order chi connectivity index (χ0) is 22.2. The van der Waals surface area contributed by atoms with Crippen molar-refractivity contribution in [3.8, 4) is 17.6 Å². The molecule has 4 rings (SSSR count). The molecule has 0 saturated carbocycles. The number of rotatable bonds is 4. The van der Waals surface area contributed by atoms with E-state index in [1.54, 1.807) is 18.2 Å². The van der Waals surface area contributed by atoms with Crippen LogP contribution in [0.2, 0.25) is 0 Å². The predicted molar refractivity (Wildman–Crippen MR) is 107 cm³/mol. The van der Waals surface area contributed by atoms with Crippen LogP contribution >= 0.6 is 0 Å². The van der Waals surface area contributed by atoms with Crippen LogP contribution in [0, 0.1) is 11.8 Å². The lowest BCUT2D eigenvalue weighted by molar-refractivity contribution is -0.122. The molecular weight excluding hydrogens is 402 g/mol. The molecule has 2 aliphatic heterocycles. The largest absolute Gasteiger partial charge is 0.497 e. The number of aromatic nitrogens is 1. The molecule has 2 aromatic rings. The van der Waals surface area contributed by atoms with E-state index in [4.69, 9.17) is 10.5 Å². The van der Waals surface area contributed by atoms with Gasteiger partial charge in [0.2, 0.25) is 5.54 Å². The summed E-state index contributed by atoms with van der Waals surface area (Å²) in [6.07, 6.45) is 1.33. The standard InChI is InChI=1S/C21H17N5O5/c1-31-14-4-3-13-10-26(18(28)15(13)8-14)11-21(19(29)24-20(30)25-21)7-6-12-2-5-16(17(22)27)23-9-12/h2-5,8-9H,10-11H2,1H3,(H2,22,27)(H2,24,25,29,30)/t21-/m1/s1. The van der Waals surface area contributed by atoms with Gasteiger partial charge in [0.1, 0.15) is 11.4 Å². The molecule has 0 aliphatic carbocycles. The second kappa shape index (κ2) is 7.46. The number of carbonyl (C=O) groups excluding carboxylic acids is 4. The van der Waals surface area contributed by atoms with Crippen LogP contribution in [0.1, 0.15) is 32.0 Å². The summed E-state index contributed by atoms with van der Waals surface area (Å²) in [4.78, 5) is 53.8. The summed E-state index contributed by atoms with van der Waals surface area (Å²) in [7, 11) is 1.51. The number of hydrogen-bond donors (Lipinski definition) is 3. The molecule has 10 nitrogen and oxygen atoms in total. The molecule has 1 aromatic heterocycles. The van der Waals surface area contributed by atoms with Gasteiger partial charge in [0.25, 0.3) is 17.7 Å². The van der Waals surface area contributed by atoms with Gasteiger partial charge in [-0.25, -0.2) is 9.78 Å². The molecule has 5 amide bonds. The van der Waals surface area contributed by atoms with Gasteiger partial charge in [0.05, 0.1) is 13.7 Å². The van der Waals surface area contributed by atoms with Crippen LogP contribution < -0.4 is 21.1 Å². The molecule has 0 spiro atoms. The van der Waals surface area contributed by atoms with Crippen LogP contribution in [0.25, 0.3) is 0 Å². The van der Waals surface area contributed by atoms with E-state index in [2.05, 4.69) is 27.5 Å². The fourth-order valence-corrected chi connectivity index (χ4v) is 3.40. The van der Waals surface area contributed by atoms with E-state index < -0.39 is 23.4 Å². The van der Waals surface area contributed by atoms with E-state index in [1.165, 1.54) is 30.3 Å². The molecule has 3 heterocycles. The van der Waals surface area contributed by atoms with E-state index in [1.807, 2.05) is 0 Å². The smallest absolute Gasteiger partial charge is 0.323 e. The van der Waals surface area contributed by atoms with Crippen molar-refractivity contribution >= 4 is 23.8 Å². The number of carbonyl (C=O) groups is 4. The van der Waals surface area contributed by atoms with Crippen LogP contribution in [0.3, 0.4) is 0 Å². The number of methoxy groups -OCH3 is 1. The summed E-state index contributed by atoms with van der Waals surface area (Å²) in [5.74, 6) is 4.45. The third-order valence-electron chi connectivity index (χ3n) is 5.00. The number of nitrogens with zero attached hydrogens (tertiary/aromatic N) is 2. The van der Waals surface area contributed by atoms with Crippen LogP contribution in [-0.2, 0) is 11.3 Å². The van der Waals surface area contributed by atoms with Crippen LogP contribution in [-0.4, -0.2) is 52.8 Å². The van der Waals surface area contributed by atoms with Crippen molar-refractivity contribution in [1.82, 2.24) is 20.5 Å². The Kier molecular flexibility index (Phi) is 4.79. The lowest BCUT2D eigenvalue weighted by atomic mass is 9.99. The highest BCUT2D eigenvalue weighted by atomic mass is 16.5. The van der Waals surface area contributed by atoms with Crippen molar-refractivity contribution in [3.63, 3.8) is 0 Å². The van der Waals surface area contributed by atoms with E-state index >= 15 is 0 Å². The molecule has 1 atom stereocenters. The first-order chi connectivity index (χ1) is 14.8. The number of fused-ring (bicyclic) bond motifs is 1. The van der Waals surface area contributed by atoms with Gasteiger partial charge in [0.15, 0.2) is 0 Å². The first kappa shape index (κ1) is 19.9. The lowest BCUT2D eigenvalue weighted by Gasteiger charge is -2.26. The number of pyridine rings is 1. The summed E-state index contributed by atoms with van der Waals surface area (Å²) in [5, 5.41) is 4.70. The number of ether oxygens (including phenoxy) is 1. The summed E-state index contributed by atoms with van der Waals surface area (Å²) in [6, 6.07) is 7.38. The minimum atomic E-state index is -1.64. The monoisotopic (exact) mass is 419 g/mol. The van der Waals surface area contributed by atoms with Crippen LogP contribution in [0.4, 0.5) is 4.79 Å². The molecule has 0 unspecified atom stereocenters. The Morgan fingerprint density at radius 3 is 2.71 bits per heavy atom. The normalized spacial score (nSPS) is 19.3. The fourth-order valence-electron chi connectivity index (χ4n) is 3.40. The van der Waals surface area contributed by atoms with Crippen molar-refractivity contribution in [2.24, 2.45) is 5.73 Å². The van der Waals surface area contributed by atoms with Gasteiger partial charge in [-0.1, -0.05) is 17.9 Å². The average Bonchev–Trinajstić information content (AvgIpc) is 3.21. The minimum absolute atomic E-state index is 0.0723. The Morgan fingerprint density at radius 2 is 2.10 bits per heavy atom. The number of nitrogens with two attached hydrogens (primary N) is 1. The Labute approximate surface area is 176 Å². The molecule has 31 heavy (non-hydrogen) atoms. The van der Waals surface area contributed by atoms with Gasteiger partial charge in [-0.2, -0.15) is 0 Å². The Morgan fingerprint density at radius 1 is 1.29 bits per heavy atom. The first-order valence-corrected chi connectivity index (χ1v) is 9.20. The molecule has 10 heteroatoms. The van der Waals surface area contributed by atoms with Gasteiger partial charge in [0, 0.05) is 23.9 Å². The SMILES string of the molecule is COc1ccc2c(c1)C(=O)N(C[C@@]1(C#Cc3ccc(C(N)=O)nc3)NC(=O)NC1=O)C2. The van der Waals surface area contributed by atoms with E-state index in [0.29, 0.717) is 16.9 Å². The maximum absolute atomic E-state index is 12.9. The number of nitrogens with one attached hydrogen (secondary N) is 2. The number of primary amides is 1. The van der Waals surface area contributed by atoms with Crippen molar-refractivity contribution in [3.05, 3.63) is 58.9 Å². The molecule has 0 radical (unpaired) electrons. The van der Waals surface area contributed by atoms with Gasteiger partial charge in [-0.05, 0) is 29.8 Å². The summed E-state index contributed by atoms with van der Waals surface area (Å²) >= 11 is 0. The maximum atomic E-state index is 12.9. The van der Waals surface area contributed by atoms with Gasteiger partial charge >= 0.3 is 6.03 Å². The van der Waals surface area contributed by atoms with E-state index in [9.17, 15) is 19.2 Å². The number of urea groups is 1. The number of imide groups is 1. The molecular formula is C21H17N5O5. The van der Waals surface area contributed by atoms with Crippen molar-refractivity contribution in [2.75, 3.05) is 13.7 Å². The highest BCUT2D eigenvalue weighted by Crippen LogP contribution is 2.28. The third-order valence-corrected chi connectivity index (χ3v) is 5.00. The Bertz CT molecular complexity index is 1180. The summed E-state index contributed by atoms with van der Waals surface area (Å²) < 4.78 is 5.17. The zero-order valence-electron chi connectivity index (χ0n) is 16.4. The van der Waals surface area contributed by atoms with E-state index in [0.717, 1.165) is 5.56 Å². The second-order valence-corrected chi connectivity index (χ2v) is 7.04.